The molecule has 0 radical (unpaired) electrons. The van der Waals surface area contributed by atoms with Crippen LogP contribution in [0.3, 0.4) is 0 Å². The van der Waals surface area contributed by atoms with Crippen LogP contribution in [0.15, 0.2) is 12.1 Å². The number of nitrogens with one attached hydrogen (secondary N) is 1. The molecule has 0 saturated heterocycles. The van der Waals surface area contributed by atoms with E-state index < -0.39 is 0 Å². The van der Waals surface area contributed by atoms with Gasteiger partial charge in [0.1, 0.15) is 11.6 Å². The van der Waals surface area contributed by atoms with Gasteiger partial charge in [-0.2, -0.15) is 0 Å². The molecule has 2 nitrogen and oxygen atoms in total. The van der Waals surface area contributed by atoms with Crippen LogP contribution in [-0.4, -0.2) is 9.97 Å². The first-order valence-corrected chi connectivity index (χ1v) is 5.29. The van der Waals surface area contributed by atoms with E-state index in [9.17, 15) is 4.39 Å². The molecule has 0 unspecified atom stereocenters. The van der Waals surface area contributed by atoms with Gasteiger partial charge < -0.3 is 4.98 Å². The minimum Gasteiger partial charge on any atom is -0.342 e. The van der Waals surface area contributed by atoms with Gasteiger partial charge in [0.05, 0.1) is 11.0 Å². The number of rotatable bonds is 2. The van der Waals surface area contributed by atoms with Crippen molar-refractivity contribution in [3.05, 3.63) is 29.3 Å². The Morgan fingerprint density at radius 2 is 2.13 bits per heavy atom. The average Bonchev–Trinajstić information content (AvgIpc) is 2.58. The Hall–Kier alpha value is -1.38. The molecule has 0 fully saturated rings. The second kappa shape index (κ2) is 3.65. The van der Waals surface area contributed by atoms with Crippen molar-refractivity contribution in [3.63, 3.8) is 0 Å². The zero-order valence-corrected chi connectivity index (χ0v) is 9.26. The molecule has 0 aliphatic heterocycles. The van der Waals surface area contributed by atoms with Gasteiger partial charge in [-0.15, -0.1) is 0 Å². The van der Waals surface area contributed by atoms with Crippen LogP contribution in [0.5, 0.6) is 0 Å². The molecule has 0 bridgehead atoms. The Bertz CT molecular complexity index is 486. The van der Waals surface area contributed by atoms with Crippen LogP contribution in [0, 0.1) is 5.82 Å². The van der Waals surface area contributed by atoms with Crippen molar-refractivity contribution in [3.8, 4) is 0 Å². The van der Waals surface area contributed by atoms with Crippen LogP contribution in [0.25, 0.3) is 11.0 Å². The Morgan fingerprint density at radius 1 is 1.40 bits per heavy atom. The van der Waals surface area contributed by atoms with Gasteiger partial charge in [0.2, 0.25) is 0 Å². The lowest BCUT2D eigenvalue weighted by Gasteiger charge is -2.05. The highest BCUT2D eigenvalue weighted by atomic mass is 19.1. The minimum absolute atomic E-state index is 0.161. The van der Waals surface area contributed by atoms with E-state index in [2.05, 4.69) is 9.97 Å². The van der Waals surface area contributed by atoms with Gasteiger partial charge in [0.25, 0.3) is 0 Å². The second-order valence-corrected chi connectivity index (χ2v) is 4.08. The van der Waals surface area contributed by atoms with Gasteiger partial charge in [-0.3, -0.25) is 0 Å². The van der Waals surface area contributed by atoms with Crippen molar-refractivity contribution >= 4 is 11.0 Å². The molecule has 1 aromatic heterocycles. The lowest BCUT2D eigenvalue weighted by Crippen LogP contribution is -1.92. The first-order chi connectivity index (χ1) is 7.11. The van der Waals surface area contributed by atoms with E-state index in [-0.39, 0.29) is 11.7 Å². The van der Waals surface area contributed by atoms with Crippen molar-refractivity contribution in [1.29, 1.82) is 0 Å². The predicted octanol–water partition coefficient (Wildman–Crippen LogP) is 3.39. The fourth-order valence-electron chi connectivity index (χ4n) is 1.71. The van der Waals surface area contributed by atoms with Crippen LogP contribution in [0.4, 0.5) is 4.39 Å². The third-order valence-corrected chi connectivity index (χ3v) is 2.61. The van der Waals surface area contributed by atoms with E-state index in [0.717, 1.165) is 23.3 Å². The number of halogens is 1. The molecule has 80 valence electrons. The van der Waals surface area contributed by atoms with Crippen LogP contribution in [0.1, 0.15) is 38.1 Å². The van der Waals surface area contributed by atoms with Crippen LogP contribution < -0.4 is 0 Å². The van der Waals surface area contributed by atoms with Crippen molar-refractivity contribution in [2.24, 2.45) is 0 Å². The molecule has 2 aromatic rings. The molecule has 1 N–H and O–H groups in total. The third kappa shape index (κ3) is 1.74. The molecule has 1 heterocycles. The summed E-state index contributed by atoms with van der Waals surface area (Å²) in [6.07, 6.45) is 0.841. The minimum atomic E-state index is -0.161. The number of fused-ring (bicyclic) bond motifs is 1. The number of nitrogens with zero attached hydrogens (tertiary/aromatic N) is 1. The highest BCUT2D eigenvalue weighted by molar-refractivity contribution is 5.76. The molecule has 0 aliphatic carbocycles. The van der Waals surface area contributed by atoms with E-state index in [4.69, 9.17) is 0 Å². The molecule has 0 saturated carbocycles. The highest BCUT2D eigenvalue weighted by Gasteiger charge is 2.10. The lowest BCUT2D eigenvalue weighted by atomic mass is 10.0. The van der Waals surface area contributed by atoms with Gasteiger partial charge in [-0.05, 0) is 17.5 Å². The second-order valence-electron chi connectivity index (χ2n) is 4.08. The number of imidazole rings is 1. The molecule has 1 aromatic carbocycles. The summed E-state index contributed by atoms with van der Waals surface area (Å²) in [6.45, 7) is 6.00. The maximum atomic E-state index is 13.6. The summed E-state index contributed by atoms with van der Waals surface area (Å²) < 4.78 is 13.6. The SMILES string of the molecule is CCc1nc2cc(F)c(C(C)C)cc2[nH]1. The van der Waals surface area contributed by atoms with Crippen molar-refractivity contribution in [2.75, 3.05) is 0 Å². The maximum Gasteiger partial charge on any atom is 0.128 e. The predicted molar refractivity (Wildman–Crippen MR) is 59.5 cm³/mol. The van der Waals surface area contributed by atoms with E-state index >= 15 is 0 Å². The topological polar surface area (TPSA) is 28.7 Å². The maximum absolute atomic E-state index is 13.6. The first kappa shape index (κ1) is 10.1. The monoisotopic (exact) mass is 206 g/mol. The summed E-state index contributed by atoms with van der Waals surface area (Å²) in [5.74, 6) is 0.944. The van der Waals surface area contributed by atoms with E-state index in [1.165, 1.54) is 6.07 Å². The summed E-state index contributed by atoms with van der Waals surface area (Å²) in [7, 11) is 0. The van der Waals surface area contributed by atoms with Gasteiger partial charge in [0.15, 0.2) is 0 Å². The summed E-state index contributed by atoms with van der Waals surface area (Å²) in [6, 6.07) is 3.38. The normalized spacial score (nSPS) is 11.5. The van der Waals surface area contributed by atoms with E-state index in [1.54, 1.807) is 0 Å². The average molecular weight is 206 g/mol. The third-order valence-electron chi connectivity index (χ3n) is 2.61. The van der Waals surface area contributed by atoms with Crippen LogP contribution in [-0.2, 0) is 6.42 Å². The number of aromatic nitrogens is 2. The van der Waals surface area contributed by atoms with Gasteiger partial charge in [0, 0.05) is 12.5 Å². The summed E-state index contributed by atoms with van der Waals surface area (Å²) >= 11 is 0. The number of H-pyrrole nitrogens is 1. The van der Waals surface area contributed by atoms with Crippen molar-refractivity contribution in [1.82, 2.24) is 9.97 Å². The smallest absolute Gasteiger partial charge is 0.128 e. The van der Waals surface area contributed by atoms with E-state index in [1.807, 2.05) is 26.8 Å². The molecule has 3 heteroatoms. The molecular formula is C12H15FN2. The molecule has 0 atom stereocenters. The Morgan fingerprint density at radius 3 is 2.73 bits per heavy atom. The van der Waals surface area contributed by atoms with Gasteiger partial charge in [-0.25, -0.2) is 9.37 Å². The molecule has 0 amide bonds. The largest absolute Gasteiger partial charge is 0.342 e. The Labute approximate surface area is 88.5 Å². The number of hydrogen-bond donors (Lipinski definition) is 1. The lowest BCUT2D eigenvalue weighted by molar-refractivity contribution is 0.600. The van der Waals surface area contributed by atoms with Crippen LogP contribution in [0.2, 0.25) is 0 Å². The summed E-state index contributed by atoms with van der Waals surface area (Å²) in [5, 5.41) is 0. The molecule has 15 heavy (non-hydrogen) atoms. The van der Waals surface area contributed by atoms with E-state index in [0.29, 0.717) is 5.52 Å². The number of benzene rings is 1. The standard InChI is InChI=1S/C12H15FN2/c1-4-12-14-10-5-8(7(2)3)9(13)6-11(10)15-12/h5-7H,4H2,1-3H3,(H,14,15). The first-order valence-electron chi connectivity index (χ1n) is 5.29. The zero-order valence-electron chi connectivity index (χ0n) is 9.26. The summed E-state index contributed by atoms with van der Waals surface area (Å²) in [5.41, 5.74) is 2.39. The Balaban J connectivity index is 2.63. The molecular weight excluding hydrogens is 191 g/mol. The summed E-state index contributed by atoms with van der Waals surface area (Å²) in [4.78, 5) is 7.49. The van der Waals surface area contributed by atoms with Crippen LogP contribution >= 0.6 is 0 Å². The van der Waals surface area contributed by atoms with Gasteiger partial charge >= 0.3 is 0 Å². The molecule has 0 aliphatic rings. The van der Waals surface area contributed by atoms with Crippen molar-refractivity contribution in [2.45, 2.75) is 33.1 Å². The zero-order chi connectivity index (χ0) is 11.0. The number of aryl methyl sites for hydroxylation is 1. The van der Waals surface area contributed by atoms with Gasteiger partial charge in [-0.1, -0.05) is 20.8 Å². The van der Waals surface area contributed by atoms with Crippen molar-refractivity contribution < 1.29 is 4.39 Å². The fourth-order valence-corrected chi connectivity index (χ4v) is 1.71. The highest BCUT2D eigenvalue weighted by Crippen LogP contribution is 2.23. The molecule has 0 spiro atoms. The number of hydrogen-bond acceptors (Lipinski definition) is 1. The Kier molecular flexibility index (Phi) is 2.47. The quantitative estimate of drug-likeness (QED) is 0.801. The molecule has 2 rings (SSSR count). The fraction of sp³-hybridized carbons (Fsp3) is 0.417. The number of aromatic amines is 1.